The number of rotatable bonds is 6. The highest BCUT2D eigenvalue weighted by Gasteiger charge is 2.24. The van der Waals surface area contributed by atoms with Crippen molar-refractivity contribution in [1.29, 1.82) is 0 Å². The van der Waals surface area contributed by atoms with Gasteiger partial charge < -0.3 is 4.90 Å². The standard InChI is InChI=1S/C15H20FN5O/c1-4-13(11-5-7-12(16)8-6-11)15(22)21(3)9-10(2)14-17-19-20-18-14/h5-8,10,13H,4,9H2,1-3H3,(H,17,18,19,20)/t10-,13-/m0/s1. The second-order valence-electron chi connectivity index (χ2n) is 5.40. The molecule has 1 heterocycles. The van der Waals surface area contributed by atoms with Gasteiger partial charge in [0.25, 0.3) is 0 Å². The van der Waals surface area contributed by atoms with Crippen LogP contribution < -0.4 is 0 Å². The number of halogens is 1. The predicted molar refractivity (Wildman–Crippen MR) is 79.7 cm³/mol. The summed E-state index contributed by atoms with van der Waals surface area (Å²) in [6, 6.07) is 6.09. The smallest absolute Gasteiger partial charge is 0.229 e. The van der Waals surface area contributed by atoms with E-state index in [2.05, 4.69) is 20.6 Å². The maximum Gasteiger partial charge on any atom is 0.229 e. The average molecular weight is 305 g/mol. The minimum Gasteiger partial charge on any atom is -0.345 e. The van der Waals surface area contributed by atoms with E-state index in [0.29, 0.717) is 18.8 Å². The molecule has 0 saturated heterocycles. The Labute approximate surface area is 128 Å². The molecule has 0 unspecified atom stereocenters. The minimum atomic E-state index is -0.301. The summed E-state index contributed by atoms with van der Waals surface area (Å²) in [7, 11) is 1.76. The number of hydrogen-bond donors (Lipinski definition) is 1. The van der Waals surface area contributed by atoms with E-state index in [1.165, 1.54) is 12.1 Å². The number of H-pyrrole nitrogens is 1. The molecule has 0 aliphatic rings. The van der Waals surface area contributed by atoms with E-state index in [9.17, 15) is 9.18 Å². The highest BCUT2D eigenvalue weighted by atomic mass is 19.1. The lowest BCUT2D eigenvalue weighted by Gasteiger charge is -2.25. The lowest BCUT2D eigenvalue weighted by Crippen LogP contribution is -2.34. The molecule has 0 fully saturated rings. The first-order valence-corrected chi connectivity index (χ1v) is 7.26. The molecule has 1 aromatic heterocycles. The number of aromatic nitrogens is 4. The van der Waals surface area contributed by atoms with E-state index >= 15 is 0 Å². The van der Waals surface area contributed by atoms with E-state index < -0.39 is 0 Å². The van der Waals surface area contributed by atoms with Gasteiger partial charge in [0.15, 0.2) is 5.82 Å². The molecule has 2 atom stereocenters. The summed E-state index contributed by atoms with van der Waals surface area (Å²) in [6.45, 7) is 4.38. The Morgan fingerprint density at radius 2 is 2.05 bits per heavy atom. The summed E-state index contributed by atoms with van der Waals surface area (Å²) < 4.78 is 13.0. The maximum absolute atomic E-state index is 13.0. The fourth-order valence-corrected chi connectivity index (χ4v) is 2.47. The van der Waals surface area contributed by atoms with Crippen LogP contribution in [0.5, 0.6) is 0 Å². The number of benzene rings is 1. The molecular formula is C15H20FN5O. The van der Waals surface area contributed by atoms with E-state index in [-0.39, 0.29) is 23.6 Å². The first kappa shape index (κ1) is 16.1. The zero-order valence-electron chi connectivity index (χ0n) is 13.0. The zero-order chi connectivity index (χ0) is 16.1. The molecule has 0 radical (unpaired) electrons. The predicted octanol–water partition coefficient (Wildman–Crippen LogP) is 2.09. The molecule has 22 heavy (non-hydrogen) atoms. The van der Waals surface area contributed by atoms with Crippen LogP contribution in [0.25, 0.3) is 0 Å². The van der Waals surface area contributed by atoms with Crippen LogP contribution in [-0.4, -0.2) is 45.0 Å². The van der Waals surface area contributed by atoms with E-state index in [0.717, 1.165) is 5.56 Å². The third-order valence-corrected chi connectivity index (χ3v) is 3.71. The summed E-state index contributed by atoms with van der Waals surface area (Å²) in [4.78, 5) is 14.3. The second kappa shape index (κ2) is 7.11. The van der Waals surface area contributed by atoms with Gasteiger partial charge in [-0.25, -0.2) is 4.39 Å². The number of tetrazole rings is 1. The lowest BCUT2D eigenvalue weighted by molar-refractivity contribution is -0.131. The number of carbonyl (C=O) groups excluding carboxylic acids is 1. The van der Waals surface area contributed by atoms with Crippen molar-refractivity contribution in [3.05, 3.63) is 41.5 Å². The maximum atomic E-state index is 13.0. The molecule has 7 heteroatoms. The van der Waals surface area contributed by atoms with Gasteiger partial charge in [0, 0.05) is 19.5 Å². The first-order chi connectivity index (χ1) is 10.5. The summed E-state index contributed by atoms with van der Waals surface area (Å²) in [5, 5.41) is 13.8. The zero-order valence-corrected chi connectivity index (χ0v) is 13.0. The largest absolute Gasteiger partial charge is 0.345 e. The van der Waals surface area contributed by atoms with Crippen molar-refractivity contribution in [2.45, 2.75) is 32.1 Å². The topological polar surface area (TPSA) is 74.8 Å². The molecule has 2 aromatic rings. The van der Waals surface area contributed by atoms with Gasteiger partial charge in [-0.2, -0.15) is 5.21 Å². The Morgan fingerprint density at radius 1 is 1.36 bits per heavy atom. The molecule has 0 bridgehead atoms. The highest BCUT2D eigenvalue weighted by molar-refractivity contribution is 5.83. The van der Waals surface area contributed by atoms with Crippen LogP contribution in [-0.2, 0) is 4.79 Å². The van der Waals surface area contributed by atoms with Crippen molar-refractivity contribution < 1.29 is 9.18 Å². The Balaban J connectivity index is 2.05. The quantitative estimate of drug-likeness (QED) is 0.887. The van der Waals surface area contributed by atoms with Crippen LogP contribution in [0.4, 0.5) is 4.39 Å². The third-order valence-electron chi connectivity index (χ3n) is 3.71. The molecule has 2 rings (SSSR count). The van der Waals surface area contributed by atoms with Gasteiger partial charge in [-0.1, -0.05) is 31.2 Å². The van der Waals surface area contributed by atoms with Crippen molar-refractivity contribution in [2.75, 3.05) is 13.6 Å². The van der Waals surface area contributed by atoms with Crippen LogP contribution in [0, 0.1) is 5.82 Å². The molecule has 118 valence electrons. The van der Waals surface area contributed by atoms with Gasteiger partial charge in [0.1, 0.15) is 5.82 Å². The van der Waals surface area contributed by atoms with Crippen LogP contribution in [0.2, 0.25) is 0 Å². The Morgan fingerprint density at radius 3 is 2.59 bits per heavy atom. The van der Waals surface area contributed by atoms with E-state index in [1.807, 2.05) is 13.8 Å². The van der Waals surface area contributed by atoms with Gasteiger partial charge in [-0.3, -0.25) is 4.79 Å². The third kappa shape index (κ3) is 3.66. The first-order valence-electron chi connectivity index (χ1n) is 7.26. The van der Waals surface area contributed by atoms with Gasteiger partial charge in [-0.15, -0.1) is 10.2 Å². The monoisotopic (exact) mass is 305 g/mol. The molecule has 6 nitrogen and oxygen atoms in total. The lowest BCUT2D eigenvalue weighted by atomic mass is 9.94. The Bertz CT molecular complexity index is 599. The second-order valence-corrected chi connectivity index (χ2v) is 5.40. The Kier molecular flexibility index (Phi) is 5.19. The Hall–Kier alpha value is -2.31. The molecule has 1 aromatic carbocycles. The molecule has 0 aliphatic carbocycles. The van der Waals surface area contributed by atoms with Crippen molar-refractivity contribution in [2.24, 2.45) is 0 Å². The molecule has 1 amide bonds. The molecule has 0 saturated carbocycles. The van der Waals surface area contributed by atoms with E-state index in [4.69, 9.17) is 0 Å². The van der Waals surface area contributed by atoms with Gasteiger partial charge in [-0.05, 0) is 24.1 Å². The summed E-state index contributed by atoms with van der Waals surface area (Å²) in [6.07, 6.45) is 0.658. The number of carbonyl (C=O) groups is 1. The fourth-order valence-electron chi connectivity index (χ4n) is 2.47. The van der Waals surface area contributed by atoms with Crippen molar-refractivity contribution in [1.82, 2.24) is 25.5 Å². The SMILES string of the molecule is CC[C@H](C(=O)N(C)C[C@H](C)c1nn[nH]n1)c1ccc(F)cc1. The molecule has 1 N–H and O–H groups in total. The number of likely N-dealkylation sites (N-methyl/N-ethyl adjacent to an activating group) is 1. The molecule has 0 aliphatic heterocycles. The van der Waals surface area contributed by atoms with Gasteiger partial charge in [0.2, 0.25) is 5.91 Å². The van der Waals surface area contributed by atoms with Crippen LogP contribution in [0.15, 0.2) is 24.3 Å². The summed E-state index contributed by atoms with van der Waals surface area (Å²) >= 11 is 0. The number of hydrogen-bond acceptors (Lipinski definition) is 4. The van der Waals surface area contributed by atoms with Crippen LogP contribution >= 0.6 is 0 Å². The normalized spacial score (nSPS) is 13.6. The number of nitrogens with zero attached hydrogens (tertiary/aromatic N) is 4. The summed E-state index contributed by atoms with van der Waals surface area (Å²) in [5.74, 6) is -0.00874. The number of aromatic amines is 1. The highest BCUT2D eigenvalue weighted by Crippen LogP contribution is 2.23. The summed E-state index contributed by atoms with van der Waals surface area (Å²) in [5.41, 5.74) is 0.827. The van der Waals surface area contributed by atoms with Crippen molar-refractivity contribution >= 4 is 5.91 Å². The average Bonchev–Trinajstić information content (AvgIpc) is 3.04. The minimum absolute atomic E-state index is 0.00412. The van der Waals surface area contributed by atoms with Crippen LogP contribution in [0.1, 0.15) is 43.5 Å². The molecule has 0 spiro atoms. The van der Waals surface area contributed by atoms with Gasteiger partial charge >= 0.3 is 0 Å². The number of nitrogens with one attached hydrogen (secondary N) is 1. The fraction of sp³-hybridized carbons (Fsp3) is 0.467. The van der Waals surface area contributed by atoms with Gasteiger partial charge in [0.05, 0.1) is 5.92 Å². The van der Waals surface area contributed by atoms with Crippen molar-refractivity contribution in [3.8, 4) is 0 Å². The van der Waals surface area contributed by atoms with Crippen molar-refractivity contribution in [3.63, 3.8) is 0 Å². The molecular weight excluding hydrogens is 285 g/mol. The van der Waals surface area contributed by atoms with E-state index in [1.54, 1.807) is 24.1 Å². The number of amides is 1. The van der Waals surface area contributed by atoms with Crippen LogP contribution in [0.3, 0.4) is 0 Å².